The highest BCUT2D eigenvalue weighted by Crippen LogP contribution is 2.35. The molecule has 3 rings (SSSR count). The van der Waals surface area contributed by atoms with Gasteiger partial charge in [0.1, 0.15) is 5.75 Å². The van der Waals surface area contributed by atoms with Gasteiger partial charge in [-0.05, 0) is 36.4 Å². The molecule has 0 radical (unpaired) electrons. The van der Waals surface area contributed by atoms with Crippen LogP contribution in [0.1, 0.15) is 10.4 Å². The number of hydrogen-bond donors (Lipinski definition) is 0. The molecule has 0 N–H and O–H groups in total. The number of ether oxygens (including phenoxy) is 2. The fourth-order valence-electron chi connectivity index (χ4n) is 2.09. The zero-order chi connectivity index (χ0) is 14.8. The largest absolute Gasteiger partial charge is 0.497 e. The molecule has 4 nitrogen and oxygen atoms in total. The Kier molecular flexibility index (Phi) is 3.31. The van der Waals surface area contributed by atoms with Gasteiger partial charge in [0.15, 0.2) is 5.75 Å². The molecule has 0 bridgehead atoms. The monoisotopic (exact) mass is 285 g/mol. The minimum absolute atomic E-state index is 0.305. The summed E-state index contributed by atoms with van der Waals surface area (Å²) < 4.78 is 23.5. The van der Waals surface area contributed by atoms with E-state index in [4.69, 9.17) is 9.47 Å². The maximum atomic E-state index is 13.5. The van der Waals surface area contributed by atoms with Crippen LogP contribution >= 0.6 is 0 Å². The second-order valence-electron chi connectivity index (χ2n) is 4.41. The number of fused-ring (bicyclic) bond motifs is 1. The maximum Gasteiger partial charge on any atom is 0.295 e. The number of nitrogens with zero attached hydrogens (tertiary/aromatic N) is 1. The summed E-state index contributed by atoms with van der Waals surface area (Å²) in [6.07, 6.45) is 1.04. The Hall–Kier alpha value is -2.82. The molecule has 0 atom stereocenters. The lowest BCUT2D eigenvalue weighted by Crippen LogP contribution is -2.28. The molecule has 0 unspecified atom stereocenters. The second-order valence-corrected chi connectivity index (χ2v) is 4.41. The topological polar surface area (TPSA) is 38.8 Å². The number of rotatable bonds is 2. The van der Waals surface area contributed by atoms with E-state index in [0.717, 1.165) is 6.20 Å². The average Bonchev–Trinajstić information content (AvgIpc) is 2.53. The summed E-state index contributed by atoms with van der Waals surface area (Å²) in [6.45, 7) is 0. The van der Waals surface area contributed by atoms with E-state index in [1.807, 2.05) is 0 Å². The van der Waals surface area contributed by atoms with Crippen molar-refractivity contribution in [1.29, 1.82) is 0 Å². The molecule has 106 valence electrons. The quantitative estimate of drug-likeness (QED) is 0.847. The van der Waals surface area contributed by atoms with Crippen LogP contribution in [0.15, 0.2) is 60.7 Å². The molecule has 5 heteroatoms. The van der Waals surface area contributed by atoms with E-state index in [1.165, 1.54) is 4.90 Å². The highest BCUT2D eigenvalue weighted by molar-refractivity contribution is 6.08. The van der Waals surface area contributed by atoms with E-state index < -0.39 is 6.01 Å². The molecule has 1 amide bonds. The standard InChI is InChI=1S/C16H12FNO3/c1-20-12-8-6-11(7-9-12)16(19)18-10-15(17)21-14-5-3-2-4-13(14)18/h2-10H,1H3. The Bertz CT molecular complexity index is 710. The van der Waals surface area contributed by atoms with Crippen LogP contribution in [-0.2, 0) is 0 Å². The van der Waals surface area contributed by atoms with Crippen molar-refractivity contribution in [2.24, 2.45) is 0 Å². The Morgan fingerprint density at radius 2 is 1.86 bits per heavy atom. The molecule has 2 aromatic rings. The molecule has 21 heavy (non-hydrogen) atoms. The van der Waals surface area contributed by atoms with Crippen molar-refractivity contribution in [3.63, 3.8) is 0 Å². The maximum absolute atomic E-state index is 13.5. The highest BCUT2D eigenvalue weighted by atomic mass is 19.1. The van der Waals surface area contributed by atoms with Gasteiger partial charge in [0.25, 0.3) is 11.9 Å². The third-order valence-electron chi connectivity index (χ3n) is 3.12. The van der Waals surface area contributed by atoms with Crippen LogP contribution in [0, 0.1) is 0 Å². The summed E-state index contributed by atoms with van der Waals surface area (Å²) in [4.78, 5) is 13.8. The molecule has 0 spiro atoms. The summed E-state index contributed by atoms with van der Waals surface area (Å²) >= 11 is 0. The Balaban J connectivity index is 1.97. The zero-order valence-electron chi connectivity index (χ0n) is 11.2. The van der Waals surface area contributed by atoms with E-state index in [-0.39, 0.29) is 5.91 Å². The molecule has 0 aromatic heterocycles. The minimum atomic E-state index is -0.824. The molecule has 0 saturated heterocycles. The lowest BCUT2D eigenvalue weighted by Gasteiger charge is -2.25. The SMILES string of the molecule is COc1ccc(C(=O)N2C=C(F)Oc3ccccc32)cc1. The third kappa shape index (κ3) is 2.45. The lowest BCUT2D eigenvalue weighted by atomic mass is 10.1. The van der Waals surface area contributed by atoms with Gasteiger partial charge in [-0.1, -0.05) is 12.1 Å². The molecule has 1 aliphatic rings. The lowest BCUT2D eigenvalue weighted by molar-refractivity contribution is 0.0992. The smallest absolute Gasteiger partial charge is 0.295 e. The van der Waals surface area contributed by atoms with Gasteiger partial charge in [-0.25, -0.2) is 0 Å². The fourth-order valence-corrected chi connectivity index (χ4v) is 2.09. The van der Waals surface area contributed by atoms with Crippen LogP contribution in [0.5, 0.6) is 11.5 Å². The molecular weight excluding hydrogens is 273 g/mol. The summed E-state index contributed by atoms with van der Waals surface area (Å²) in [5, 5.41) is 0. The first-order valence-electron chi connectivity index (χ1n) is 6.31. The van der Waals surface area contributed by atoms with Gasteiger partial charge in [0, 0.05) is 5.56 Å². The Labute approximate surface area is 121 Å². The number of carbonyl (C=O) groups excluding carboxylic acids is 1. The van der Waals surface area contributed by atoms with E-state index in [2.05, 4.69) is 0 Å². The van der Waals surface area contributed by atoms with Crippen molar-refractivity contribution in [3.05, 3.63) is 66.3 Å². The summed E-state index contributed by atoms with van der Waals surface area (Å²) in [6, 6.07) is 12.6. The molecule has 1 aliphatic heterocycles. The van der Waals surface area contributed by atoms with Crippen molar-refractivity contribution < 1.29 is 18.7 Å². The predicted octanol–water partition coefficient (Wildman–Crippen LogP) is 3.50. The van der Waals surface area contributed by atoms with E-state index in [9.17, 15) is 9.18 Å². The number of para-hydroxylation sites is 2. The van der Waals surface area contributed by atoms with Crippen LogP contribution in [0.4, 0.5) is 10.1 Å². The van der Waals surface area contributed by atoms with E-state index >= 15 is 0 Å². The number of hydrogen-bond acceptors (Lipinski definition) is 3. The molecule has 0 aliphatic carbocycles. The number of anilines is 1. The van der Waals surface area contributed by atoms with Crippen LogP contribution in [0.2, 0.25) is 0 Å². The Morgan fingerprint density at radius 3 is 2.57 bits per heavy atom. The summed E-state index contributed by atoms with van der Waals surface area (Å²) in [7, 11) is 1.55. The number of carbonyl (C=O) groups is 1. The van der Waals surface area contributed by atoms with Crippen LogP contribution in [0.25, 0.3) is 0 Å². The highest BCUT2D eigenvalue weighted by Gasteiger charge is 2.24. The predicted molar refractivity (Wildman–Crippen MR) is 76.1 cm³/mol. The van der Waals surface area contributed by atoms with E-state index in [0.29, 0.717) is 22.7 Å². The zero-order valence-corrected chi connectivity index (χ0v) is 11.2. The third-order valence-corrected chi connectivity index (χ3v) is 3.12. The van der Waals surface area contributed by atoms with Crippen LogP contribution in [0.3, 0.4) is 0 Å². The first-order chi connectivity index (χ1) is 10.2. The van der Waals surface area contributed by atoms with Gasteiger partial charge in [0.05, 0.1) is 19.0 Å². The van der Waals surface area contributed by atoms with Gasteiger partial charge in [-0.15, -0.1) is 0 Å². The number of methoxy groups -OCH3 is 1. The number of halogens is 1. The normalized spacial score (nSPS) is 13.0. The molecule has 1 heterocycles. The summed E-state index contributed by atoms with van der Waals surface area (Å²) in [5.74, 6) is 0.610. The molecule has 0 fully saturated rings. The fraction of sp³-hybridized carbons (Fsp3) is 0.0625. The van der Waals surface area contributed by atoms with Crippen molar-refractivity contribution >= 4 is 11.6 Å². The summed E-state index contributed by atoms with van der Waals surface area (Å²) in [5.41, 5.74) is 0.927. The van der Waals surface area contributed by atoms with Gasteiger partial charge >= 0.3 is 0 Å². The molecular formula is C16H12FNO3. The van der Waals surface area contributed by atoms with E-state index in [1.54, 1.807) is 55.6 Å². The van der Waals surface area contributed by atoms with Crippen LogP contribution in [-0.4, -0.2) is 13.0 Å². The second kappa shape index (κ2) is 5.28. The van der Waals surface area contributed by atoms with Gasteiger partial charge in [-0.3, -0.25) is 9.69 Å². The van der Waals surface area contributed by atoms with Crippen molar-refractivity contribution in [1.82, 2.24) is 0 Å². The van der Waals surface area contributed by atoms with Crippen molar-refractivity contribution in [2.75, 3.05) is 12.0 Å². The van der Waals surface area contributed by atoms with Gasteiger partial charge in [-0.2, -0.15) is 4.39 Å². The first kappa shape index (κ1) is 13.2. The van der Waals surface area contributed by atoms with Crippen molar-refractivity contribution in [3.8, 4) is 11.5 Å². The first-order valence-corrected chi connectivity index (χ1v) is 6.31. The van der Waals surface area contributed by atoms with Gasteiger partial charge < -0.3 is 9.47 Å². The minimum Gasteiger partial charge on any atom is -0.497 e. The molecule has 0 saturated carbocycles. The molecule has 2 aromatic carbocycles. The number of benzene rings is 2. The number of amides is 1. The van der Waals surface area contributed by atoms with Gasteiger partial charge in [0.2, 0.25) is 0 Å². The average molecular weight is 285 g/mol. The van der Waals surface area contributed by atoms with Crippen LogP contribution < -0.4 is 14.4 Å². The Morgan fingerprint density at radius 1 is 1.14 bits per heavy atom. The van der Waals surface area contributed by atoms with Crippen molar-refractivity contribution in [2.45, 2.75) is 0 Å².